The molecule has 0 fully saturated rings. The Morgan fingerprint density at radius 1 is 0.562 bits per heavy atom. The average Bonchev–Trinajstić information content (AvgIpc) is 3.05. The second-order valence-electron chi connectivity index (χ2n) is 11.2. The molecule has 0 saturated carbocycles. The molecule has 0 N–H and O–H groups in total. The Labute approximate surface area is 311 Å². The predicted molar refractivity (Wildman–Crippen MR) is 191 cm³/mol. The minimum atomic E-state index is -1.64. The van der Waals surface area contributed by atoms with Crippen molar-refractivity contribution >= 4 is 93.5 Å². The van der Waals surface area contributed by atoms with Gasteiger partial charge in [-0.1, -0.05) is 149 Å². The van der Waals surface area contributed by atoms with E-state index in [1.54, 1.807) is 0 Å². The van der Waals surface area contributed by atoms with E-state index in [1.165, 1.54) is 0 Å². The zero-order chi connectivity index (χ0) is 36.0. The maximum Gasteiger partial charge on any atom is 0.423 e. The summed E-state index contributed by atoms with van der Waals surface area (Å²) in [5.41, 5.74) is -0.920. The molecule has 266 valence electrons. The molecule has 0 saturated heterocycles. The molecule has 2 aromatic rings. The van der Waals surface area contributed by atoms with Gasteiger partial charge in [0.2, 0.25) is 0 Å². The smallest absolute Gasteiger partial charge is 0.423 e. The molecule has 0 heterocycles. The second kappa shape index (κ2) is 21.3. The van der Waals surface area contributed by atoms with E-state index in [4.69, 9.17) is 88.6 Å². The topological polar surface area (TPSA) is 105 Å². The molecule has 0 radical (unpaired) electrons. The van der Waals surface area contributed by atoms with Gasteiger partial charge in [0.15, 0.2) is 11.5 Å². The third-order valence-corrected chi connectivity index (χ3v) is 9.96. The van der Waals surface area contributed by atoms with Gasteiger partial charge in [-0.3, -0.25) is 0 Å². The first kappa shape index (κ1) is 42.2. The van der Waals surface area contributed by atoms with Gasteiger partial charge in [-0.05, 0) is 36.8 Å². The normalized spacial score (nSPS) is 12.3. The van der Waals surface area contributed by atoms with Gasteiger partial charge in [0, 0.05) is 0 Å². The summed E-state index contributed by atoms with van der Waals surface area (Å²) in [4.78, 5) is 52.2. The predicted octanol–water partition coefficient (Wildman–Crippen LogP) is 11.6. The highest BCUT2D eigenvalue weighted by Crippen LogP contribution is 2.42. The van der Waals surface area contributed by atoms with Gasteiger partial charge in [-0.25, -0.2) is 19.2 Å². The van der Waals surface area contributed by atoms with Crippen LogP contribution in [0.4, 0.5) is 0 Å². The Morgan fingerprint density at radius 2 is 0.917 bits per heavy atom. The van der Waals surface area contributed by atoms with Gasteiger partial charge in [0.25, 0.3) is 0 Å². The zero-order valence-electron chi connectivity index (χ0n) is 27.3. The second-order valence-corrected chi connectivity index (χ2v) is 13.6. The minimum absolute atomic E-state index is 0.0590. The van der Waals surface area contributed by atoms with E-state index < -0.39 is 46.5 Å². The number of carbonyl (C=O) groups is 4. The van der Waals surface area contributed by atoms with Crippen molar-refractivity contribution < 1.29 is 38.1 Å². The monoisotopic (exact) mass is 786 g/mol. The molecule has 2 unspecified atom stereocenters. The lowest BCUT2D eigenvalue weighted by atomic mass is 9.96. The summed E-state index contributed by atoms with van der Waals surface area (Å²) in [7, 11) is 0. The number of esters is 4. The maximum atomic E-state index is 13.1. The molecule has 2 rings (SSSR count). The first-order chi connectivity index (χ1) is 22.8. The third kappa shape index (κ3) is 12.1. The number of ether oxygens (including phenoxy) is 4. The lowest BCUT2D eigenvalue weighted by molar-refractivity contribution is -0.156. The summed E-state index contributed by atoms with van der Waals surface area (Å²) in [5, 5.41) is -1.48. The highest BCUT2D eigenvalue weighted by molar-refractivity contribution is 6.47. The summed E-state index contributed by atoms with van der Waals surface area (Å²) in [5.74, 6) is -5.69. The number of hydrogen-bond donors (Lipinski definition) is 0. The quantitative estimate of drug-likeness (QED) is 0.0636. The molecule has 14 heteroatoms. The maximum absolute atomic E-state index is 13.1. The SMILES string of the molecule is CCCCC(CC)CCOC(=O)c1c(Cl)c(Cl)cc(Cl)c1OC(=O)C(=O)Oc1c(Cl)cc(Cl)c(Cl)c1C(=O)OCCC(CC)CCCC. The number of hydrogen-bond acceptors (Lipinski definition) is 8. The van der Waals surface area contributed by atoms with Crippen molar-refractivity contribution in [1.82, 2.24) is 0 Å². The Kier molecular flexibility index (Phi) is 18.8. The standard InChI is InChI=1S/C34H40Cl6O8/c1-5-9-11-19(7-3)13-15-45-31(41)25-27(39)21(35)17-23(37)29(25)47-33(43)34(44)48-30-24(38)18-22(36)28(40)26(30)32(42)46-16-14-20(8-4)12-10-6-2/h17-20H,5-16H2,1-4H3. The van der Waals surface area contributed by atoms with Crippen LogP contribution in [-0.2, 0) is 19.1 Å². The van der Waals surface area contributed by atoms with E-state index in [9.17, 15) is 19.2 Å². The molecule has 8 nitrogen and oxygen atoms in total. The minimum Gasteiger partial charge on any atom is -0.462 e. The van der Waals surface area contributed by atoms with Crippen molar-refractivity contribution in [3.63, 3.8) is 0 Å². The number of benzene rings is 2. The van der Waals surface area contributed by atoms with Crippen LogP contribution in [0.2, 0.25) is 30.1 Å². The summed E-state index contributed by atoms with van der Waals surface area (Å²) in [6.45, 7) is 8.43. The molecule has 0 spiro atoms. The van der Waals surface area contributed by atoms with Crippen LogP contribution in [0.25, 0.3) is 0 Å². The largest absolute Gasteiger partial charge is 0.462 e. The lowest BCUT2D eigenvalue weighted by Crippen LogP contribution is -2.27. The third-order valence-electron chi connectivity index (χ3n) is 7.82. The van der Waals surface area contributed by atoms with Crippen LogP contribution in [0.1, 0.15) is 113 Å². The molecule has 48 heavy (non-hydrogen) atoms. The van der Waals surface area contributed by atoms with Gasteiger partial charge in [-0.2, -0.15) is 0 Å². The van der Waals surface area contributed by atoms with Crippen LogP contribution in [0.15, 0.2) is 12.1 Å². The highest BCUT2D eigenvalue weighted by Gasteiger charge is 2.32. The zero-order valence-corrected chi connectivity index (χ0v) is 31.9. The van der Waals surface area contributed by atoms with Gasteiger partial charge in [-0.15, -0.1) is 0 Å². The van der Waals surface area contributed by atoms with E-state index in [1.807, 2.05) is 0 Å². The molecular formula is C34H40Cl6O8. The summed E-state index contributed by atoms with van der Waals surface area (Å²) >= 11 is 37.4. The fourth-order valence-electron chi connectivity index (χ4n) is 4.86. The van der Waals surface area contributed by atoms with Gasteiger partial charge in [0.05, 0.1) is 43.3 Å². The number of carbonyl (C=O) groups excluding carboxylic acids is 4. The summed E-state index contributed by atoms with van der Waals surface area (Å²) in [6, 6.07) is 2.26. The number of unbranched alkanes of at least 4 members (excludes halogenated alkanes) is 2. The lowest BCUT2D eigenvalue weighted by Gasteiger charge is -2.17. The van der Waals surface area contributed by atoms with E-state index in [2.05, 4.69) is 27.7 Å². The van der Waals surface area contributed by atoms with Crippen LogP contribution >= 0.6 is 69.6 Å². The molecule has 2 aromatic carbocycles. The van der Waals surface area contributed by atoms with Gasteiger partial charge < -0.3 is 18.9 Å². The first-order valence-corrected chi connectivity index (χ1v) is 18.2. The van der Waals surface area contributed by atoms with Crippen LogP contribution < -0.4 is 9.47 Å². The fourth-order valence-corrected chi connectivity index (χ4v) is 6.30. The van der Waals surface area contributed by atoms with Crippen molar-refractivity contribution in [2.75, 3.05) is 13.2 Å². The van der Waals surface area contributed by atoms with E-state index in [0.717, 1.165) is 63.5 Å². The van der Waals surface area contributed by atoms with Crippen molar-refractivity contribution in [1.29, 1.82) is 0 Å². The fraction of sp³-hybridized carbons (Fsp3) is 0.529. The molecule has 0 aliphatic rings. The highest BCUT2D eigenvalue weighted by atomic mass is 35.5. The van der Waals surface area contributed by atoms with Crippen LogP contribution in [-0.4, -0.2) is 37.1 Å². The van der Waals surface area contributed by atoms with Gasteiger partial charge in [0.1, 0.15) is 11.1 Å². The Balaban J connectivity index is 2.28. The molecule has 0 aliphatic heterocycles. The van der Waals surface area contributed by atoms with Crippen LogP contribution in [0.3, 0.4) is 0 Å². The number of halogens is 6. The Bertz CT molecular complexity index is 1340. The Hall–Kier alpha value is -1.94. The van der Waals surface area contributed by atoms with Crippen molar-refractivity contribution in [3.8, 4) is 11.5 Å². The van der Waals surface area contributed by atoms with E-state index in [0.29, 0.717) is 24.7 Å². The first-order valence-electron chi connectivity index (χ1n) is 15.9. The molecular weight excluding hydrogens is 749 g/mol. The van der Waals surface area contributed by atoms with Crippen molar-refractivity contribution in [2.45, 2.75) is 91.9 Å². The molecule has 0 aromatic heterocycles. The Morgan fingerprint density at radius 3 is 1.23 bits per heavy atom. The van der Waals surface area contributed by atoms with Gasteiger partial charge >= 0.3 is 23.9 Å². The summed E-state index contributed by atoms with van der Waals surface area (Å²) in [6.07, 6.45) is 9.18. The average molecular weight is 789 g/mol. The molecule has 2 atom stereocenters. The molecule has 0 bridgehead atoms. The summed E-state index contributed by atoms with van der Waals surface area (Å²) < 4.78 is 21.2. The van der Waals surface area contributed by atoms with Crippen molar-refractivity contribution in [2.24, 2.45) is 11.8 Å². The number of rotatable bonds is 18. The van der Waals surface area contributed by atoms with Crippen LogP contribution in [0.5, 0.6) is 11.5 Å². The van der Waals surface area contributed by atoms with Crippen molar-refractivity contribution in [3.05, 3.63) is 53.4 Å². The van der Waals surface area contributed by atoms with Crippen LogP contribution in [0, 0.1) is 11.8 Å². The van der Waals surface area contributed by atoms with E-state index >= 15 is 0 Å². The molecule has 0 aliphatic carbocycles. The molecule has 0 amide bonds. The van der Waals surface area contributed by atoms with E-state index in [-0.39, 0.29) is 43.3 Å².